The van der Waals surface area contributed by atoms with Crippen LogP contribution in [0.25, 0.3) is 0 Å². The van der Waals surface area contributed by atoms with Gasteiger partial charge in [-0.1, -0.05) is 48.0 Å². The van der Waals surface area contributed by atoms with Crippen molar-refractivity contribution in [2.75, 3.05) is 5.33 Å². The number of hydrogen-bond donors (Lipinski definition) is 1. The van der Waals surface area contributed by atoms with Gasteiger partial charge in [0.1, 0.15) is 0 Å². The Morgan fingerprint density at radius 1 is 1.10 bits per heavy atom. The molecule has 0 bridgehead atoms. The summed E-state index contributed by atoms with van der Waals surface area (Å²) in [6, 6.07) is 0. The third-order valence-electron chi connectivity index (χ3n) is 3.22. The van der Waals surface area contributed by atoms with Crippen molar-refractivity contribution in [3.05, 3.63) is 37.1 Å². The molecule has 0 amide bonds. The number of aromatic nitrogens is 2. The number of rotatable bonds is 10. The van der Waals surface area contributed by atoms with Crippen LogP contribution in [-0.4, -0.2) is 19.8 Å². The molecular formula is C13H20BrN3O4. The molecule has 1 aromatic heterocycles. The number of nitro groups is 1. The normalized spacial score (nSPS) is 10.7. The minimum atomic E-state index is -0.951. The molecule has 0 aliphatic rings. The minimum absolute atomic E-state index is 0.387. The predicted molar refractivity (Wildman–Crippen MR) is 84.1 cm³/mol. The molecule has 1 rings (SSSR count). The molecule has 0 saturated carbocycles. The molecule has 0 aliphatic carbocycles. The van der Waals surface area contributed by atoms with Gasteiger partial charge < -0.3 is 0 Å². The lowest BCUT2D eigenvalue weighted by atomic mass is 10.1. The molecule has 0 saturated heterocycles. The Labute approximate surface area is 130 Å². The Morgan fingerprint density at radius 2 is 1.67 bits per heavy atom. The number of nitrogens with zero attached hydrogens (tertiary/aromatic N) is 2. The van der Waals surface area contributed by atoms with Crippen LogP contribution in [0.2, 0.25) is 0 Å². The maximum atomic E-state index is 11.5. The van der Waals surface area contributed by atoms with E-state index in [1.165, 1.54) is 23.8 Å². The van der Waals surface area contributed by atoms with E-state index in [-0.39, 0.29) is 0 Å². The van der Waals surface area contributed by atoms with Crippen molar-refractivity contribution in [1.82, 2.24) is 9.55 Å². The fraction of sp³-hybridized carbons (Fsp3) is 0.692. The first-order valence-electron chi connectivity index (χ1n) is 7.10. The van der Waals surface area contributed by atoms with Gasteiger partial charge >= 0.3 is 16.9 Å². The summed E-state index contributed by atoms with van der Waals surface area (Å²) in [6.45, 7) is 0.387. The van der Waals surface area contributed by atoms with E-state index in [0.29, 0.717) is 6.54 Å². The van der Waals surface area contributed by atoms with E-state index in [2.05, 4.69) is 15.9 Å². The van der Waals surface area contributed by atoms with Crippen LogP contribution in [0.1, 0.15) is 44.9 Å². The van der Waals surface area contributed by atoms with Crippen molar-refractivity contribution in [1.29, 1.82) is 0 Å². The summed E-state index contributed by atoms with van der Waals surface area (Å²) in [4.78, 5) is 34.6. The summed E-state index contributed by atoms with van der Waals surface area (Å²) < 4.78 is 1.20. The summed E-state index contributed by atoms with van der Waals surface area (Å²) in [5.41, 5.74) is -2.14. The van der Waals surface area contributed by atoms with Crippen molar-refractivity contribution in [2.45, 2.75) is 51.5 Å². The summed E-state index contributed by atoms with van der Waals surface area (Å²) in [5, 5.41) is 11.7. The zero-order chi connectivity index (χ0) is 15.7. The lowest BCUT2D eigenvalue weighted by Gasteiger charge is -2.04. The average molecular weight is 362 g/mol. The Morgan fingerprint density at radius 3 is 2.24 bits per heavy atom. The van der Waals surface area contributed by atoms with Crippen molar-refractivity contribution >= 4 is 21.6 Å². The van der Waals surface area contributed by atoms with Crippen molar-refractivity contribution in [3.63, 3.8) is 0 Å². The van der Waals surface area contributed by atoms with Gasteiger partial charge in [0.05, 0.1) is 11.1 Å². The van der Waals surface area contributed by atoms with Gasteiger partial charge in [0.2, 0.25) is 0 Å². The quantitative estimate of drug-likeness (QED) is 0.299. The number of halogens is 1. The highest BCUT2D eigenvalue weighted by Crippen LogP contribution is 2.09. The molecule has 1 heterocycles. The van der Waals surface area contributed by atoms with Gasteiger partial charge in [-0.05, 0) is 12.8 Å². The van der Waals surface area contributed by atoms with E-state index < -0.39 is 21.9 Å². The van der Waals surface area contributed by atoms with Gasteiger partial charge in [-0.3, -0.25) is 24.5 Å². The Kier molecular flexibility index (Phi) is 7.96. The van der Waals surface area contributed by atoms with Crippen LogP contribution in [0.15, 0.2) is 15.8 Å². The first-order chi connectivity index (χ1) is 10.1. The first kappa shape index (κ1) is 17.6. The molecule has 0 aromatic carbocycles. The van der Waals surface area contributed by atoms with E-state index in [9.17, 15) is 19.7 Å². The van der Waals surface area contributed by atoms with Crippen LogP contribution in [-0.2, 0) is 6.54 Å². The Hall–Kier alpha value is -1.44. The van der Waals surface area contributed by atoms with Crippen molar-refractivity contribution < 1.29 is 4.92 Å². The molecule has 0 fully saturated rings. The number of nitrogens with one attached hydrogen (secondary N) is 1. The SMILES string of the molecule is O=c1[nH]c(=O)n(CCCCCCCCCBr)cc1[N+](=O)[O-]. The second kappa shape index (κ2) is 9.49. The number of alkyl halides is 1. The monoisotopic (exact) mass is 361 g/mol. The topological polar surface area (TPSA) is 98.0 Å². The minimum Gasteiger partial charge on any atom is -0.294 e. The summed E-state index contributed by atoms with van der Waals surface area (Å²) >= 11 is 3.39. The molecule has 1 N–H and O–H groups in total. The molecule has 1 aromatic rings. The fourth-order valence-corrected chi connectivity index (χ4v) is 2.45. The van der Waals surface area contributed by atoms with Crippen LogP contribution in [0, 0.1) is 10.1 Å². The maximum absolute atomic E-state index is 11.5. The number of aromatic amines is 1. The summed E-state index contributed by atoms with van der Waals surface area (Å²) in [7, 11) is 0. The summed E-state index contributed by atoms with van der Waals surface area (Å²) in [6.07, 6.45) is 8.62. The Bertz CT molecular complexity index is 567. The lowest BCUT2D eigenvalue weighted by molar-refractivity contribution is -0.386. The highest BCUT2D eigenvalue weighted by atomic mass is 79.9. The third kappa shape index (κ3) is 6.24. The van der Waals surface area contributed by atoms with E-state index in [4.69, 9.17) is 0 Å². The molecule has 0 radical (unpaired) electrons. The second-order valence-electron chi connectivity index (χ2n) is 4.89. The molecule has 118 valence electrons. The van der Waals surface area contributed by atoms with Crippen molar-refractivity contribution in [2.24, 2.45) is 0 Å². The summed E-state index contributed by atoms with van der Waals surface area (Å²) in [5.74, 6) is 0. The third-order valence-corrected chi connectivity index (χ3v) is 3.78. The Balaban J connectivity index is 2.39. The lowest BCUT2D eigenvalue weighted by Crippen LogP contribution is -2.30. The number of H-pyrrole nitrogens is 1. The number of hydrogen-bond acceptors (Lipinski definition) is 4. The molecule has 0 aliphatic heterocycles. The van der Waals surface area contributed by atoms with E-state index >= 15 is 0 Å². The second-order valence-corrected chi connectivity index (χ2v) is 5.68. The molecule has 8 heteroatoms. The van der Waals surface area contributed by atoms with Gasteiger partial charge in [0.25, 0.3) is 0 Å². The average Bonchev–Trinajstić information content (AvgIpc) is 2.43. The predicted octanol–water partition coefficient (Wildman–Crippen LogP) is 2.57. The first-order valence-corrected chi connectivity index (χ1v) is 8.22. The highest BCUT2D eigenvalue weighted by Gasteiger charge is 2.14. The standard InChI is InChI=1S/C13H20BrN3O4/c14-8-6-4-2-1-3-5-7-9-16-10-11(17(20)21)12(18)15-13(16)19/h10H,1-9H2,(H,15,18,19). The van der Waals surface area contributed by atoms with Crippen LogP contribution >= 0.6 is 15.9 Å². The van der Waals surface area contributed by atoms with Crippen molar-refractivity contribution in [3.8, 4) is 0 Å². The van der Waals surface area contributed by atoms with E-state index in [1.54, 1.807) is 0 Å². The molecule has 0 spiro atoms. The molecule has 0 unspecified atom stereocenters. The van der Waals surface area contributed by atoms with Gasteiger partial charge in [0, 0.05) is 11.9 Å². The zero-order valence-corrected chi connectivity index (χ0v) is 13.4. The molecule has 21 heavy (non-hydrogen) atoms. The van der Waals surface area contributed by atoms with Gasteiger partial charge in [-0.2, -0.15) is 0 Å². The van der Waals surface area contributed by atoms with Crippen LogP contribution < -0.4 is 11.2 Å². The molecular weight excluding hydrogens is 342 g/mol. The highest BCUT2D eigenvalue weighted by molar-refractivity contribution is 9.09. The smallest absolute Gasteiger partial charge is 0.294 e. The van der Waals surface area contributed by atoms with Crippen LogP contribution in [0.3, 0.4) is 0 Å². The van der Waals surface area contributed by atoms with Gasteiger partial charge in [-0.15, -0.1) is 0 Å². The van der Waals surface area contributed by atoms with Gasteiger partial charge in [-0.25, -0.2) is 4.79 Å². The number of unbranched alkanes of at least 4 members (excludes halogenated alkanes) is 6. The van der Waals surface area contributed by atoms with E-state index in [1.807, 2.05) is 4.98 Å². The molecule has 0 atom stereocenters. The fourth-order valence-electron chi connectivity index (χ4n) is 2.05. The van der Waals surface area contributed by atoms with Crippen LogP contribution in [0.4, 0.5) is 5.69 Å². The maximum Gasteiger partial charge on any atom is 0.350 e. The zero-order valence-electron chi connectivity index (χ0n) is 11.8. The largest absolute Gasteiger partial charge is 0.350 e. The molecule has 7 nitrogen and oxygen atoms in total. The number of aryl methyl sites for hydroxylation is 1. The van der Waals surface area contributed by atoms with Gasteiger partial charge in [0.15, 0.2) is 0 Å². The van der Waals surface area contributed by atoms with Crippen LogP contribution in [0.5, 0.6) is 0 Å². The van der Waals surface area contributed by atoms with E-state index in [0.717, 1.165) is 37.2 Å².